The van der Waals surface area contributed by atoms with Gasteiger partial charge in [-0.1, -0.05) is 23.7 Å². The van der Waals surface area contributed by atoms with Gasteiger partial charge in [0.15, 0.2) is 0 Å². The topological polar surface area (TPSA) is 66.4 Å². The molecule has 0 heterocycles. The van der Waals surface area contributed by atoms with Crippen LogP contribution in [0.5, 0.6) is 0 Å². The van der Waals surface area contributed by atoms with Crippen LogP contribution in [0.4, 0.5) is 0 Å². The Morgan fingerprint density at radius 2 is 2.00 bits per heavy atom. The molecule has 0 aliphatic heterocycles. The van der Waals surface area contributed by atoms with Gasteiger partial charge in [-0.2, -0.15) is 0 Å². The third kappa shape index (κ3) is 6.25. The summed E-state index contributed by atoms with van der Waals surface area (Å²) in [5.41, 5.74) is 0.950. The maximum atomic E-state index is 11.7. The lowest BCUT2D eigenvalue weighted by Gasteiger charge is -2.14. The maximum Gasteiger partial charge on any atom is 0.303 e. The highest BCUT2D eigenvalue weighted by molar-refractivity contribution is 6.30. The first-order valence-electron chi connectivity index (χ1n) is 6.25. The number of nitrogens with one attached hydrogen (secondary N) is 1. The quantitative estimate of drug-likeness (QED) is 0.755. The molecule has 5 heteroatoms. The molecule has 0 aliphatic carbocycles. The fourth-order valence-electron chi connectivity index (χ4n) is 1.73. The Hall–Kier alpha value is -1.55. The molecule has 0 radical (unpaired) electrons. The van der Waals surface area contributed by atoms with Crippen molar-refractivity contribution in [2.24, 2.45) is 0 Å². The van der Waals surface area contributed by atoms with Gasteiger partial charge in [-0.05, 0) is 37.5 Å². The number of unbranched alkanes of at least 4 members (excludes halogenated alkanes) is 1. The lowest BCUT2D eigenvalue weighted by molar-refractivity contribution is -0.137. The third-order valence-electron chi connectivity index (χ3n) is 2.77. The van der Waals surface area contributed by atoms with E-state index in [-0.39, 0.29) is 18.4 Å². The molecular formula is C14H18ClNO3. The standard InChI is InChI=1S/C14H18ClNO3/c1-10(11-5-4-6-12(15)9-11)16-13(17)7-2-3-8-14(18)19/h4-6,9-10H,2-3,7-8H2,1H3,(H,16,17)(H,18,19). The summed E-state index contributed by atoms with van der Waals surface area (Å²) in [4.78, 5) is 22.0. The van der Waals surface area contributed by atoms with Crippen molar-refractivity contribution in [3.8, 4) is 0 Å². The molecule has 0 bridgehead atoms. The van der Waals surface area contributed by atoms with Crippen molar-refractivity contribution in [3.63, 3.8) is 0 Å². The Kier molecular flexibility index (Phi) is 6.36. The highest BCUT2D eigenvalue weighted by Gasteiger charge is 2.09. The van der Waals surface area contributed by atoms with Crippen LogP contribution in [0, 0.1) is 0 Å². The van der Waals surface area contributed by atoms with Crippen molar-refractivity contribution in [2.75, 3.05) is 0 Å². The van der Waals surface area contributed by atoms with Crippen LogP contribution in [-0.4, -0.2) is 17.0 Å². The van der Waals surface area contributed by atoms with Gasteiger partial charge in [0, 0.05) is 17.9 Å². The van der Waals surface area contributed by atoms with E-state index in [1.807, 2.05) is 25.1 Å². The lowest BCUT2D eigenvalue weighted by atomic mass is 10.1. The summed E-state index contributed by atoms with van der Waals surface area (Å²) in [7, 11) is 0. The van der Waals surface area contributed by atoms with E-state index in [0.29, 0.717) is 24.3 Å². The van der Waals surface area contributed by atoms with Crippen LogP contribution in [0.25, 0.3) is 0 Å². The molecule has 1 amide bonds. The van der Waals surface area contributed by atoms with Gasteiger partial charge in [0.2, 0.25) is 5.91 Å². The molecule has 1 unspecified atom stereocenters. The Morgan fingerprint density at radius 3 is 2.63 bits per heavy atom. The first-order valence-corrected chi connectivity index (χ1v) is 6.63. The Morgan fingerprint density at radius 1 is 1.32 bits per heavy atom. The van der Waals surface area contributed by atoms with Crippen LogP contribution in [0.1, 0.15) is 44.2 Å². The molecule has 104 valence electrons. The second kappa shape index (κ2) is 7.79. The fraction of sp³-hybridized carbons (Fsp3) is 0.429. The molecule has 19 heavy (non-hydrogen) atoms. The highest BCUT2D eigenvalue weighted by atomic mass is 35.5. The summed E-state index contributed by atoms with van der Waals surface area (Å²) >= 11 is 5.89. The zero-order valence-electron chi connectivity index (χ0n) is 10.9. The molecule has 0 fully saturated rings. The summed E-state index contributed by atoms with van der Waals surface area (Å²) in [5.74, 6) is -0.898. The lowest BCUT2D eigenvalue weighted by Crippen LogP contribution is -2.26. The van der Waals surface area contributed by atoms with E-state index >= 15 is 0 Å². The molecular weight excluding hydrogens is 266 g/mol. The smallest absolute Gasteiger partial charge is 0.303 e. The summed E-state index contributed by atoms with van der Waals surface area (Å²) < 4.78 is 0. The summed E-state index contributed by atoms with van der Waals surface area (Å²) in [5, 5.41) is 12.0. The highest BCUT2D eigenvalue weighted by Crippen LogP contribution is 2.17. The first kappa shape index (κ1) is 15.5. The van der Waals surface area contributed by atoms with Crippen LogP contribution in [0.15, 0.2) is 24.3 Å². The minimum atomic E-state index is -0.826. The second-order valence-corrected chi connectivity index (χ2v) is 4.88. The number of hydrogen-bond acceptors (Lipinski definition) is 2. The zero-order valence-corrected chi connectivity index (χ0v) is 11.6. The van der Waals surface area contributed by atoms with Crippen molar-refractivity contribution >= 4 is 23.5 Å². The van der Waals surface area contributed by atoms with Gasteiger partial charge in [0.25, 0.3) is 0 Å². The van der Waals surface area contributed by atoms with Crippen LogP contribution >= 0.6 is 11.6 Å². The van der Waals surface area contributed by atoms with E-state index in [2.05, 4.69) is 5.32 Å². The molecule has 0 aliphatic rings. The molecule has 1 rings (SSSR count). The summed E-state index contributed by atoms with van der Waals surface area (Å²) in [6, 6.07) is 7.24. The van der Waals surface area contributed by atoms with Gasteiger partial charge in [-0.15, -0.1) is 0 Å². The Labute approximate surface area is 117 Å². The maximum absolute atomic E-state index is 11.7. The third-order valence-corrected chi connectivity index (χ3v) is 3.01. The van der Waals surface area contributed by atoms with Gasteiger partial charge in [-0.25, -0.2) is 0 Å². The van der Waals surface area contributed by atoms with Gasteiger partial charge < -0.3 is 10.4 Å². The number of carbonyl (C=O) groups excluding carboxylic acids is 1. The number of rotatable bonds is 7. The Balaban J connectivity index is 2.34. The average molecular weight is 284 g/mol. The van der Waals surface area contributed by atoms with E-state index in [9.17, 15) is 9.59 Å². The SMILES string of the molecule is CC(NC(=O)CCCCC(=O)O)c1cccc(Cl)c1. The van der Waals surface area contributed by atoms with Gasteiger partial charge >= 0.3 is 5.97 Å². The number of hydrogen-bond donors (Lipinski definition) is 2. The van der Waals surface area contributed by atoms with Crippen LogP contribution in [-0.2, 0) is 9.59 Å². The summed E-state index contributed by atoms with van der Waals surface area (Å²) in [6.07, 6.45) is 1.56. The van der Waals surface area contributed by atoms with Crippen molar-refractivity contribution < 1.29 is 14.7 Å². The predicted octanol–water partition coefficient (Wildman–Crippen LogP) is 3.16. The van der Waals surface area contributed by atoms with Crippen molar-refractivity contribution in [3.05, 3.63) is 34.9 Å². The van der Waals surface area contributed by atoms with E-state index in [0.717, 1.165) is 5.56 Å². The minimum Gasteiger partial charge on any atom is -0.481 e. The number of amides is 1. The zero-order chi connectivity index (χ0) is 14.3. The number of carboxylic acid groups (broad SMARTS) is 1. The van der Waals surface area contributed by atoms with E-state index in [4.69, 9.17) is 16.7 Å². The predicted molar refractivity (Wildman–Crippen MR) is 74.1 cm³/mol. The second-order valence-electron chi connectivity index (χ2n) is 4.45. The molecule has 1 atom stereocenters. The van der Waals surface area contributed by atoms with Gasteiger partial charge in [0.1, 0.15) is 0 Å². The van der Waals surface area contributed by atoms with Crippen LogP contribution in [0.3, 0.4) is 0 Å². The largest absolute Gasteiger partial charge is 0.481 e. The molecule has 4 nitrogen and oxygen atoms in total. The van der Waals surface area contributed by atoms with Gasteiger partial charge in [0.05, 0.1) is 6.04 Å². The minimum absolute atomic E-state index is 0.0714. The molecule has 2 N–H and O–H groups in total. The molecule has 0 saturated heterocycles. The molecule has 1 aromatic rings. The number of benzene rings is 1. The van der Waals surface area contributed by atoms with E-state index < -0.39 is 5.97 Å². The average Bonchev–Trinajstić information content (AvgIpc) is 2.34. The van der Waals surface area contributed by atoms with Crippen LogP contribution in [0.2, 0.25) is 5.02 Å². The van der Waals surface area contributed by atoms with Crippen molar-refractivity contribution in [2.45, 2.75) is 38.6 Å². The normalized spacial score (nSPS) is 11.9. The molecule has 0 saturated carbocycles. The van der Waals surface area contributed by atoms with Gasteiger partial charge in [-0.3, -0.25) is 9.59 Å². The Bertz CT molecular complexity index is 448. The number of halogens is 1. The number of carbonyl (C=O) groups is 2. The first-order chi connectivity index (χ1) is 8.99. The fourth-order valence-corrected chi connectivity index (χ4v) is 1.93. The van der Waals surface area contributed by atoms with Crippen LogP contribution < -0.4 is 5.32 Å². The van der Waals surface area contributed by atoms with E-state index in [1.54, 1.807) is 6.07 Å². The molecule has 1 aromatic carbocycles. The monoisotopic (exact) mass is 283 g/mol. The molecule has 0 aromatic heterocycles. The van der Waals surface area contributed by atoms with E-state index in [1.165, 1.54) is 0 Å². The van der Waals surface area contributed by atoms with Crippen molar-refractivity contribution in [1.29, 1.82) is 0 Å². The number of aliphatic carboxylic acids is 1. The molecule has 0 spiro atoms. The summed E-state index contributed by atoms with van der Waals surface area (Å²) in [6.45, 7) is 1.89. The van der Waals surface area contributed by atoms with Crippen molar-refractivity contribution in [1.82, 2.24) is 5.32 Å². The number of carboxylic acids is 1.